The van der Waals surface area contributed by atoms with E-state index in [1.165, 1.54) is 11.1 Å². The summed E-state index contributed by atoms with van der Waals surface area (Å²) in [6, 6.07) is 7.41. The average molecular weight is 329 g/mol. The number of hydrogen-bond donors (Lipinski definition) is 0. The quantitative estimate of drug-likeness (QED) is 0.605. The lowest BCUT2D eigenvalue weighted by molar-refractivity contribution is 0.111. The molecule has 0 saturated heterocycles. The summed E-state index contributed by atoms with van der Waals surface area (Å²) < 4.78 is 5.84. The molecule has 0 saturated carbocycles. The highest BCUT2D eigenvalue weighted by molar-refractivity contribution is 6.31. The lowest BCUT2D eigenvalue weighted by Crippen LogP contribution is -2.10. The molecule has 1 aliphatic rings. The zero-order valence-electron chi connectivity index (χ0n) is 12.7. The van der Waals surface area contributed by atoms with Crippen LogP contribution in [-0.4, -0.2) is 22.9 Å². The zero-order valence-corrected chi connectivity index (χ0v) is 13.4. The Bertz CT molecular complexity index is 743. The first-order chi connectivity index (χ1) is 11.3. The molecule has 0 aromatic carbocycles. The molecule has 0 fully saturated rings. The first-order valence-corrected chi connectivity index (χ1v) is 8.02. The monoisotopic (exact) mass is 328 g/mol. The first-order valence-electron chi connectivity index (χ1n) is 7.64. The Balaban J connectivity index is 1.86. The normalized spacial score (nSPS) is 14.7. The molecule has 0 amide bonds. The van der Waals surface area contributed by atoms with Crippen LogP contribution in [0.5, 0.6) is 5.75 Å². The molecule has 2 heterocycles. The number of rotatable bonds is 5. The van der Waals surface area contributed by atoms with Crippen LogP contribution in [-0.2, 0) is 0 Å². The van der Waals surface area contributed by atoms with E-state index < -0.39 is 0 Å². The molecule has 5 heteroatoms. The minimum absolute atomic E-state index is 0.324. The van der Waals surface area contributed by atoms with Gasteiger partial charge >= 0.3 is 0 Å². The fourth-order valence-corrected chi connectivity index (χ4v) is 3.07. The van der Waals surface area contributed by atoms with E-state index in [2.05, 4.69) is 9.97 Å². The third-order valence-electron chi connectivity index (χ3n) is 3.98. The summed E-state index contributed by atoms with van der Waals surface area (Å²) in [5, 5.41) is 0.525. The molecule has 0 N–H and O–H groups in total. The van der Waals surface area contributed by atoms with Gasteiger partial charge in [0, 0.05) is 18.0 Å². The Hall–Kier alpha value is -2.20. The van der Waals surface area contributed by atoms with Crippen molar-refractivity contribution in [3.8, 4) is 5.75 Å². The van der Waals surface area contributed by atoms with Crippen molar-refractivity contribution < 1.29 is 9.53 Å². The van der Waals surface area contributed by atoms with E-state index in [1.807, 2.05) is 12.1 Å². The van der Waals surface area contributed by atoms with Crippen LogP contribution in [0.25, 0.3) is 5.57 Å². The van der Waals surface area contributed by atoms with Gasteiger partial charge < -0.3 is 4.74 Å². The number of halogens is 1. The van der Waals surface area contributed by atoms with Crippen molar-refractivity contribution in [2.45, 2.75) is 25.7 Å². The van der Waals surface area contributed by atoms with Crippen molar-refractivity contribution in [1.29, 1.82) is 0 Å². The molecule has 2 aromatic heterocycles. The van der Waals surface area contributed by atoms with Gasteiger partial charge in [0.1, 0.15) is 23.2 Å². The Kier molecular flexibility index (Phi) is 5.03. The van der Waals surface area contributed by atoms with E-state index in [9.17, 15) is 4.79 Å². The highest BCUT2D eigenvalue weighted by Gasteiger charge is 2.18. The van der Waals surface area contributed by atoms with Gasteiger partial charge in [0.15, 0.2) is 6.29 Å². The number of nitrogens with zero attached hydrogens (tertiary/aromatic N) is 2. The third kappa shape index (κ3) is 3.59. The average Bonchev–Trinajstić information content (AvgIpc) is 2.61. The van der Waals surface area contributed by atoms with Crippen LogP contribution in [0.4, 0.5) is 0 Å². The van der Waals surface area contributed by atoms with Crippen LogP contribution in [0.3, 0.4) is 0 Å². The second kappa shape index (κ2) is 7.38. The predicted molar refractivity (Wildman–Crippen MR) is 89.8 cm³/mol. The summed E-state index contributed by atoms with van der Waals surface area (Å²) in [7, 11) is 0. The van der Waals surface area contributed by atoms with Gasteiger partial charge in [-0.05, 0) is 55.0 Å². The van der Waals surface area contributed by atoms with Crippen LogP contribution < -0.4 is 4.74 Å². The topological polar surface area (TPSA) is 52.1 Å². The van der Waals surface area contributed by atoms with Gasteiger partial charge in [-0.2, -0.15) is 0 Å². The maximum atomic E-state index is 11.0. The van der Waals surface area contributed by atoms with Crippen LogP contribution in [0.2, 0.25) is 5.15 Å². The molecule has 0 aliphatic heterocycles. The number of aromatic nitrogens is 2. The number of carbonyl (C=O) groups is 1. The molecule has 0 unspecified atom stereocenters. The van der Waals surface area contributed by atoms with Crippen molar-refractivity contribution in [3.63, 3.8) is 0 Å². The Morgan fingerprint density at radius 3 is 2.74 bits per heavy atom. The van der Waals surface area contributed by atoms with Crippen LogP contribution in [0.1, 0.15) is 41.7 Å². The van der Waals surface area contributed by atoms with Crippen molar-refractivity contribution in [3.05, 3.63) is 58.6 Å². The summed E-state index contributed by atoms with van der Waals surface area (Å²) in [6.45, 7) is 0.438. The second-order valence-corrected chi connectivity index (χ2v) is 5.78. The lowest BCUT2D eigenvalue weighted by atomic mass is 9.88. The van der Waals surface area contributed by atoms with E-state index in [4.69, 9.17) is 16.3 Å². The maximum Gasteiger partial charge on any atom is 0.172 e. The van der Waals surface area contributed by atoms with Crippen LogP contribution in [0.15, 0.2) is 42.2 Å². The zero-order chi connectivity index (χ0) is 16.1. The smallest absolute Gasteiger partial charge is 0.172 e. The second-order valence-electron chi connectivity index (χ2n) is 5.42. The number of aldehydes is 1. The number of carbonyl (C=O) groups excluding carboxylic acids is 1. The Morgan fingerprint density at radius 1 is 1.13 bits per heavy atom. The van der Waals surface area contributed by atoms with Gasteiger partial charge in [0.05, 0.1) is 0 Å². The molecule has 2 aromatic rings. The highest BCUT2D eigenvalue weighted by Crippen LogP contribution is 2.35. The fraction of sp³-hybridized carbons (Fsp3) is 0.278. The minimum Gasteiger partial charge on any atom is -0.487 e. The number of allylic oxidation sites excluding steroid dienone is 1. The Morgan fingerprint density at radius 2 is 1.91 bits per heavy atom. The maximum absolute atomic E-state index is 11.0. The van der Waals surface area contributed by atoms with Gasteiger partial charge in [-0.1, -0.05) is 17.7 Å². The Labute approximate surface area is 140 Å². The van der Waals surface area contributed by atoms with Crippen molar-refractivity contribution in [1.82, 2.24) is 9.97 Å². The van der Waals surface area contributed by atoms with E-state index in [-0.39, 0.29) is 0 Å². The van der Waals surface area contributed by atoms with Crippen molar-refractivity contribution in [2.24, 2.45) is 0 Å². The number of hydrogen-bond acceptors (Lipinski definition) is 4. The van der Waals surface area contributed by atoms with Gasteiger partial charge in [0.2, 0.25) is 0 Å². The van der Waals surface area contributed by atoms with Gasteiger partial charge in [-0.25, -0.2) is 9.97 Å². The van der Waals surface area contributed by atoms with Gasteiger partial charge in [-0.3, -0.25) is 4.79 Å². The summed E-state index contributed by atoms with van der Waals surface area (Å²) in [4.78, 5) is 19.2. The highest BCUT2D eigenvalue weighted by atomic mass is 35.5. The van der Waals surface area contributed by atoms with Crippen molar-refractivity contribution in [2.75, 3.05) is 6.61 Å². The molecular weight excluding hydrogens is 312 g/mol. The lowest BCUT2D eigenvalue weighted by Gasteiger charge is -2.21. The van der Waals surface area contributed by atoms with Gasteiger partial charge in [0.25, 0.3) is 0 Å². The standard InChI is InChI=1S/C18H17ClN2O2/c19-18-15(7-3-10-21-18)14-6-2-1-5-13(14)12-23-17-8-4-9-20-16(17)11-22/h3-4,7-11H,1-2,5-6,12H2. The number of ether oxygens (including phenoxy) is 1. The van der Waals surface area contributed by atoms with Crippen LogP contribution in [0, 0.1) is 0 Å². The summed E-state index contributed by atoms with van der Waals surface area (Å²) in [5.74, 6) is 0.511. The summed E-state index contributed by atoms with van der Waals surface area (Å²) in [6.07, 6.45) is 8.19. The molecule has 0 atom stereocenters. The molecule has 3 rings (SSSR count). The molecule has 1 aliphatic carbocycles. The predicted octanol–water partition coefficient (Wildman–Crippen LogP) is 4.35. The molecule has 0 bridgehead atoms. The molecule has 118 valence electrons. The molecule has 0 spiro atoms. The van der Waals surface area contributed by atoms with E-state index >= 15 is 0 Å². The molecule has 4 nitrogen and oxygen atoms in total. The number of pyridine rings is 2. The minimum atomic E-state index is 0.324. The van der Waals surface area contributed by atoms with E-state index in [0.717, 1.165) is 31.2 Å². The van der Waals surface area contributed by atoms with Crippen LogP contribution >= 0.6 is 11.6 Å². The largest absolute Gasteiger partial charge is 0.487 e. The molecule has 23 heavy (non-hydrogen) atoms. The van der Waals surface area contributed by atoms with Crippen molar-refractivity contribution >= 4 is 23.5 Å². The first kappa shape index (κ1) is 15.7. The molecule has 0 radical (unpaired) electrons. The van der Waals surface area contributed by atoms with E-state index in [1.54, 1.807) is 24.5 Å². The third-order valence-corrected chi connectivity index (χ3v) is 4.28. The van der Waals surface area contributed by atoms with E-state index in [0.29, 0.717) is 29.5 Å². The fourth-order valence-electron chi connectivity index (χ4n) is 2.84. The SMILES string of the molecule is O=Cc1ncccc1OCC1=C(c2cccnc2Cl)CCCC1. The van der Waals surface area contributed by atoms with Gasteiger partial charge in [-0.15, -0.1) is 0 Å². The summed E-state index contributed by atoms with van der Waals surface area (Å²) in [5.41, 5.74) is 3.73. The molecular formula is C18H17ClN2O2. The summed E-state index contributed by atoms with van der Waals surface area (Å²) >= 11 is 6.25.